The average Bonchev–Trinajstić information content (AvgIpc) is 2.50. The van der Waals surface area contributed by atoms with Gasteiger partial charge in [0.15, 0.2) is 0 Å². The predicted octanol–water partition coefficient (Wildman–Crippen LogP) is 2.98. The highest BCUT2D eigenvalue weighted by Gasteiger charge is 2.62. The lowest BCUT2D eigenvalue weighted by Crippen LogP contribution is -2.38. The second kappa shape index (κ2) is 3.13. The minimum atomic E-state index is -0.537. The van der Waals surface area contributed by atoms with Crippen LogP contribution in [0.2, 0.25) is 0 Å². The van der Waals surface area contributed by atoms with E-state index in [1.807, 2.05) is 0 Å². The molecule has 3 nitrogen and oxygen atoms in total. The Morgan fingerprint density at radius 2 is 2.00 bits per heavy atom. The molecule has 0 heterocycles. The summed E-state index contributed by atoms with van der Waals surface area (Å²) in [5, 5.41) is 0. The molecule has 2 bridgehead atoms. The minimum Gasteiger partial charge on any atom is -0.438 e. The number of hydrogen-bond acceptors (Lipinski definition) is 3. The summed E-state index contributed by atoms with van der Waals surface area (Å²) in [6, 6.07) is 0. The fraction of sp³-hybridized carbons (Fsp3) is 0.917. The molecule has 0 aliphatic heterocycles. The van der Waals surface area contributed by atoms with E-state index in [0.717, 1.165) is 12.8 Å². The molecule has 2 aliphatic carbocycles. The van der Waals surface area contributed by atoms with Gasteiger partial charge in [-0.05, 0) is 30.6 Å². The molecule has 0 aromatic carbocycles. The molecule has 86 valence electrons. The van der Waals surface area contributed by atoms with E-state index in [1.165, 1.54) is 13.5 Å². The number of carbonyl (C=O) groups excluding carboxylic acids is 1. The smallest absolute Gasteiger partial charge is 0.438 e. The molecule has 0 radical (unpaired) electrons. The second-order valence-electron chi connectivity index (χ2n) is 5.67. The highest BCUT2D eigenvalue weighted by Crippen LogP contribution is 2.66. The Morgan fingerprint density at radius 1 is 1.33 bits per heavy atom. The highest BCUT2D eigenvalue weighted by molar-refractivity contribution is 5.60. The molecule has 0 aromatic heterocycles. The Bertz CT molecular complexity index is 285. The summed E-state index contributed by atoms with van der Waals surface area (Å²) >= 11 is 0. The zero-order valence-electron chi connectivity index (χ0n) is 10.0. The Hall–Kier alpha value is -0.730. The number of ether oxygens (including phenoxy) is 2. The number of fused-ring (bicyclic) bond motifs is 2. The topological polar surface area (TPSA) is 35.5 Å². The zero-order chi connectivity index (χ0) is 11.3. The van der Waals surface area contributed by atoms with Crippen LogP contribution in [0.4, 0.5) is 4.79 Å². The molecule has 2 rings (SSSR count). The SMILES string of the molecule is COC(=O)OC1CC2CCC1(C)C2(C)C. The Morgan fingerprint density at radius 3 is 2.40 bits per heavy atom. The maximum absolute atomic E-state index is 11.2. The second-order valence-corrected chi connectivity index (χ2v) is 5.67. The minimum absolute atomic E-state index is 0.0405. The van der Waals surface area contributed by atoms with Crippen LogP contribution < -0.4 is 0 Å². The van der Waals surface area contributed by atoms with Crippen molar-refractivity contribution in [3.63, 3.8) is 0 Å². The molecule has 15 heavy (non-hydrogen) atoms. The summed E-state index contributed by atoms with van der Waals surface area (Å²) in [4.78, 5) is 11.2. The van der Waals surface area contributed by atoms with E-state index in [0.29, 0.717) is 5.92 Å². The summed E-state index contributed by atoms with van der Waals surface area (Å²) in [5.41, 5.74) is 0.414. The van der Waals surface area contributed by atoms with Crippen LogP contribution in [0.15, 0.2) is 0 Å². The predicted molar refractivity (Wildman–Crippen MR) is 56.5 cm³/mol. The normalized spacial score (nSPS) is 41.6. The van der Waals surface area contributed by atoms with E-state index in [9.17, 15) is 4.79 Å². The summed E-state index contributed by atoms with van der Waals surface area (Å²) in [6.45, 7) is 6.84. The van der Waals surface area contributed by atoms with Crippen LogP contribution in [-0.2, 0) is 9.47 Å². The van der Waals surface area contributed by atoms with Crippen molar-refractivity contribution in [2.24, 2.45) is 16.7 Å². The molecule has 0 amide bonds. The van der Waals surface area contributed by atoms with Gasteiger partial charge in [0.25, 0.3) is 0 Å². The van der Waals surface area contributed by atoms with Gasteiger partial charge >= 0.3 is 6.16 Å². The Balaban J connectivity index is 2.15. The molecule has 0 aromatic rings. The van der Waals surface area contributed by atoms with Crippen LogP contribution in [0.1, 0.15) is 40.0 Å². The van der Waals surface area contributed by atoms with Gasteiger partial charge in [0, 0.05) is 5.41 Å². The number of carbonyl (C=O) groups is 1. The largest absolute Gasteiger partial charge is 0.508 e. The fourth-order valence-corrected chi connectivity index (χ4v) is 3.47. The number of methoxy groups -OCH3 is 1. The number of rotatable bonds is 1. The van der Waals surface area contributed by atoms with Crippen molar-refractivity contribution in [1.82, 2.24) is 0 Å². The lowest BCUT2D eigenvalue weighted by Gasteiger charge is -2.38. The van der Waals surface area contributed by atoms with Crippen molar-refractivity contribution in [3.8, 4) is 0 Å². The van der Waals surface area contributed by atoms with E-state index >= 15 is 0 Å². The first-order valence-electron chi connectivity index (χ1n) is 5.66. The van der Waals surface area contributed by atoms with Crippen LogP contribution in [0.25, 0.3) is 0 Å². The molecule has 2 aliphatic rings. The first kappa shape index (κ1) is 10.8. The van der Waals surface area contributed by atoms with Gasteiger partial charge in [0.1, 0.15) is 6.10 Å². The Kier molecular flexibility index (Phi) is 2.25. The van der Waals surface area contributed by atoms with Crippen molar-refractivity contribution in [3.05, 3.63) is 0 Å². The van der Waals surface area contributed by atoms with Crippen LogP contribution >= 0.6 is 0 Å². The van der Waals surface area contributed by atoms with Gasteiger partial charge < -0.3 is 9.47 Å². The molecule has 3 heteroatoms. The van der Waals surface area contributed by atoms with E-state index in [-0.39, 0.29) is 16.9 Å². The zero-order valence-corrected chi connectivity index (χ0v) is 10.0. The molecule has 3 unspecified atom stereocenters. The van der Waals surface area contributed by atoms with Gasteiger partial charge in [-0.3, -0.25) is 0 Å². The third-order valence-electron chi connectivity index (χ3n) is 5.12. The first-order chi connectivity index (χ1) is 6.91. The van der Waals surface area contributed by atoms with Crippen LogP contribution in [-0.4, -0.2) is 19.4 Å². The standard InChI is InChI=1S/C12H20O3/c1-11(2)8-5-6-12(11,3)9(7-8)15-10(13)14-4/h8-9H,5-7H2,1-4H3. The maximum Gasteiger partial charge on any atom is 0.508 e. The molecule has 0 spiro atoms. The van der Waals surface area contributed by atoms with Crippen molar-refractivity contribution in [1.29, 1.82) is 0 Å². The highest BCUT2D eigenvalue weighted by atomic mass is 16.7. The maximum atomic E-state index is 11.2. The molecular formula is C12H20O3. The fourth-order valence-electron chi connectivity index (χ4n) is 3.47. The van der Waals surface area contributed by atoms with Crippen molar-refractivity contribution < 1.29 is 14.3 Å². The van der Waals surface area contributed by atoms with Gasteiger partial charge in [-0.1, -0.05) is 20.8 Å². The van der Waals surface area contributed by atoms with E-state index in [4.69, 9.17) is 4.74 Å². The summed E-state index contributed by atoms with van der Waals surface area (Å²) in [7, 11) is 1.36. The Labute approximate surface area is 91.1 Å². The molecule has 0 N–H and O–H groups in total. The summed E-state index contributed by atoms with van der Waals surface area (Å²) in [6.07, 6.45) is 2.93. The van der Waals surface area contributed by atoms with Crippen LogP contribution in [0.5, 0.6) is 0 Å². The molecule has 3 atom stereocenters. The third kappa shape index (κ3) is 1.28. The lowest BCUT2D eigenvalue weighted by molar-refractivity contribution is -0.0321. The monoisotopic (exact) mass is 212 g/mol. The van der Waals surface area contributed by atoms with Gasteiger partial charge in [-0.25, -0.2) is 4.79 Å². The average molecular weight is 212 g/mol. The molecule has 2 fully saturated rings. The van der Waals surface area contributed by atoms with Crippen LogP contribution in [0, 0.1) is 16.7 Å². The lowest BCUT2D eigenvalue weighted by atomic mass is 9.70. The van der Waals surface area contributed by atoms with E-state index < -0.39 is 6.16 Å². The van der Waals surface area contributed by atoms with Crippen molar-refractivity contribution >= 4 is 6.16 Å². The quantitative estimate of drug-likeness (QED) is 0.627. The van der Waals surface area contributed by atoms with Gasteiger partial charge in [0.05, 0.1) is 7.11 Å². The molecular weight excluding hydrogens is 192 g/mol. The van der Waals surface area contributed by atoms with Crippen LogP contribution in [0.3, 0.4) is 0 Å². The first-order valence-corrected chi connectivity index (χ1v) is 5.66. The summed E-state index contributed by atoms with van der Waals surface area (Å²) in [5.74, 6) is 0.692. The van der Waals surface area contributed by atoms with Gasteiger partial charge in [-0.2, -0.15) is 0 Å². The van der Waals surface area contributed by atoms with Crippen molar-refractivity contribution in [2.45, 2.75) is 46.1 Å². The van der Waals surface area contributed by atoms with Crippen molar-refractivity contribution in [2.75, 3.05) is 7.11 Å². The van der Waals surface area contributed by atoms with Gasteiger partial charge in [0.2, 0.25) is 0 Å². The van der Waals surface area contributed by atoms with E-state index in [1.54, 1.807) is 0 Å². The third-order valence-corrected chi connectivity index (χ3v) is 5.12. The van der Waals surface area contributed by atoms with E-state index in [2.05, 4.69) is 25.5 Å². The molecule has 2 saturated carbocycles. The van der Waals surface area contributed by atoms with Gasteiger partial charge in [-0.15, -0.1) is 0 Å². The summed E-state index contributed by atoms with van der Waals surface area (Å²) < 4.78 is 9.94. The molecule has 0 saturated heterocycles. The number of hydrogen-bond donors (Lipinski definition) is 0.